The van der Waals surface area contributed by atoms with E-state index in [1.807, 2.05) is 13.8 Å². The summed E-state index contributed by atoms with van der Waals surface area (Å²) in [5.41, 5.74) is 0.125. The van der Waals surface area contributed by atoms with E-state index in [9.17, 15) is 18.0 Å². The number of sulfonamides is 1. The van der Waals surface area contributed by atoms with Gasteiger partial charge in [-0.3, -0.25) is 4.79 Å². The Kier molecular flexibility index (Phi) is 6.12. The summed E-state index contributed by atoms with van der Waals surface area (Å²) in [6.45, 7) is 3.62. The van der Waals surface area contributed by atoms with Gasteiger partial charge < -0.3 is 14.6 Å². The average molecular weight is 331 g/mol. The fraction of sp³-hybridized carbons (Fsp3) is 0.538. The van der Waals surface area contributed by atoms with Crippen LogP contribution in [-0.2, 0) is 26.6 Å². The summed E-state index contributed by atoms with van der Waals surface area (Å²) in [5.74, 6) is -0.860. The topological polar surface area (TPSA) is 106 Å². The predicted molar refractivity (Wildman–Crippen MR) is 79.8 cm³/mol. The second kappa shape index (κ2) is 7.41. The molecule has 0 unspecified atom stereocenters. The molecule has 1 aromatic heterocycles. The van der Waals surface area contributed by atoms with Crippen molar-refractivity contribution in [1.82, 2.24) is 14.6 Å². The summed E-state index contributed by atoms with van der Waals surface area (Å²) in [5, 5.41) is 2.67. The standard InChI is InChI=1S/C13H21N3O5S/c1-9(2)15-12(17)5-6-14-22(19,20)10-7-11(13(18)21-4)16(3)8-10/h7-9,14H,5-6H2,1-4H3,(H,15,17). The van der Waals surface area contributed by atoms with Crippen molar-refractivity contribution in [2.45, 2.75) is 31.2 Å². The molecule has 1 rings (SSSR count). The van der Waals surface area contributed by atoms with Gasteiger partial charge >= 0.3 is 5.97 Å². The molecule has 2 N–H and O–H groups in total. The normalized spacial score (nSPS) is 11.5. The van der Waals surface area contributed by atoms with Crippen LogP contribution in [0.2, 0.25) is 0 Å². The molecule has 124 valence electrons. The summed E-state index contributed by atoms with van der Waals surface area (Å²) < 4.78 is 32.5. The number of methoxy groups -OCH3 is 1. The van der Waals surface area contributed by atoms with Crippen LogP contribution in [0.15, 0.2) is 17.2 Å². The van der Waals surface area contributed by atoms with Gasteiger partial charge in [0.1, 0.15) is 10.6 Å². The van der Waals surface area contributed by atoms with Crippen molar-refractivity contribution < 1.29 is 22.7 Å². The minimum atomic E-state index is -3.79. The summed E-state index contributed by atoms with van der Waals surface area (Å²) in [7, 11) is -1.03. The van der Waals surface area contributed by atoms with Crippen molar-refractivity contribution in [3.05, 3.63) is 18.0 Å². The number of esters is 1. The molecule has 1 amide bonds. The van der Waals surface area contributed by atoms with Crippen LogP contribution in [0.1, 0.15) is 30.8 Å². The lowest BCUT2D eigenvalue weighted by Gasteiger charge is -2.08. The zero-order valence-corrected chi connectivity index (χ0v) is 13.9. The molecule has 22 heavy (non-hydrogen) atoms. The van der Waals surface area contributed by atoms with Crippen LogP contribution in [0.3, 0.4) is 0 Å². The van der Waals surface area contributed by atoms with Gasteiger partial charge in [0.2, 0.25) is 15.9 Å². The fourth-order valence-corrected chi connectivity index (χ4v) is 2.87. The summed E-state index contributed by atoms with van der Waals surface area (Å²) in [4.78, 5) is 22.9. The number of carbonyl (C=O) groups is 2. The molecule has 0 bridgehead atoms. The molecule has 0 fully saturated rings. The van der Waals surface area contributed by atoms with Crippen molar-refractivity contribution in [3.63, 3.8) is 0 Å². The maximum atomic E-state index is 12.1. The van der Waals surface area contributed by atoms with E-state index in [1.54, 1.807) is 7.05 Å². The van der Waals surface area contributed by atoms with Crippen LogP contribution < -0.4 is 10.0 Å². The Hall–Kier alpha value is -1.87. The van der Waals surface area contributed by atoms with Gasteiger partial charge in [0.05, 0.1) is 7.11 Å². The van der Waals surface area contributed by atoms with Gasteiger partial charge in [0, 0.05) is 32.3 Å². The van der Waals surface area contributed by atoms with Crippen molar-refractivity contribution in [2.24, 2.45) is 7.05 Å². The number of hydrogen-bond acceptors (Lipinski definition) is 5. The molecule has 0 spiro atoms. The number of aryl methyl sites for hydroxylation is 1. The van der Waals surface area contributed by atoms with Gasteiger partial charge in [0.15, 0.2) is 0 Å². The molecule has 8 nitrogen and oxygen atoms in total. The lowest BCUT2D eigenvalue weighted by Crippen LogP contribution is -2.34. The van der Waals surface area contributed by atoms with Crippen LogP contribution in [-0.4, -0.2) is 44.6 Å². The van der Waals surface area contributed by atoms with Crippen LogP contribution in [0.4, 0.5) is 0 Å². The number of aromatic nitrogens is 1. The molecule has 0 aliphatic carbocycles. The number of carbonyl (C=O) groups excluding carboxylic acids is 2. The molecule has 0 aromatic carbocycles. The Balaban J connectivity index is 2.71. The number of rotatable bonds is 7. The van der Waals surface area contributed by atoms with E-state index < -0.39 is 16.0 Å². The highest BCUT2D eigenvalue weighted by molar-refractivity contribution is 7.89. The third-order valence-corrected chi connectivity index (χ3v) is 4.21. The molecular weight excluding hydrogens is 310 g/mol. The van der Waals surface area contributed by atoms with Crippen LogP contribution in [0, 0.1) is 0 Å². The monoisotopic (exact) mass is 331 g/mol. The average Bonchev–Trinajstić information content (AvgIpc) is 2.79. The first-order valence-corrected chi connectivity index (χ1v) is 8.19. The van der Waals surface area contributed by atoms with Gasteiger partial charge in [-0.25, -0.2) is 17.9 Å². The molecule has 0 saturated heterocycles. The first-order chi connectivity index (χ1) is 10.2. The van der Waals surface area contributed by atoms with Crippen LogP contribution in [0.5, 0.6) is 0 Å². The largest absolute Gasteiger partial charge is 0.464 e. The molecule has 0 aliphatic heterocycles. The molecule has 0 atom stereocenters. The first kappa shape index (κ1) is 18.2. The second-order valence-corrected chi connectivity index (χ2v) is 6.80. The summed E-state index contributed by atoms with van der Waals surface area (Å²) in [6, 6.07) is 1.23. The van der Waals surface area contributed by atoms with Crippen molar-refractivity contribution in [2.75, 3.05) is 13.7 Å². The maximum absolute atomic E-state index is 12.1. The Bertz CT molecular complexity index is 649. The number of nitrogens with one attached hydrogen (secondary N) is 2. The Labute approximate surface area is 129 Å². The second-order valence-electron chi connectivity index (χ2n) is 5.03. The summed E-state index contributed by atoms with van der Waals surface area (Å²) >= 11 is 0. The Morgan fingerprint density at radius 3 is 2.55 bits per heavy atom. The van der Waals surface area contributed by atoms with Crippen LogP contribution >= 0.6 is 0 Å². The minimum absolute atomic E-state index is 0.000782. The molecule has 9 heteroatoms. The Morgan fingerprint density at radius 1 is 1.36 bits per heavy atom. The van der Waals surface area contributed by atoms with Crippen molar-refractivity contribution in [1.29, 1.82) is 0 Å². The van der Waals surface area contributed by atoms with Crippen molar-refractivity contribution in [3.8, 4) is 0 Å². The SMILES string of the molecule is COC(=O)c1cc(S(=O)(=O)NCCC(=O)NC(C)C)cn1C. The van der Waals surface area contributed by atoms with E-state index in [4.69, 9.17) is 0 Å². The highest BCUT2D eigenvalue weighted by Gasteiger charge is 2.20. The maximum Gasteiger partial charge on any atom is 0.354 e. The molecular formula is C13H21N3O5S. The molecule has 0 aliphatic rings. The third kappa shape index (κ3) is 4.85. The predicted octanol–water partition coefficient (Wildman–Crippen LogP) is 0.00470. The fourth-order valence-electron chi connectivity index (χ4n) is 1.77. The summed E-state index contributed by atoms with van der Waals surface area (Å²) in [6.07, 6.45) is 1.34. The molecule has 1 aromatic rings. The zero-order valence-electron chi connectivity index (χ0n) is 13.0. The Morgan fingerprint density at radius 2 is 2.00 bits per heavy atom. The van der Waals surface area contributed by atoms with Crippen molar-refractivity contribution >= 4 is 21.9 Å². The number of amides is 1. The highest BCUT2D eigenvalue weighted by atomic mass is 32.2. The van der Waals surface area contributed by atoms with Gasteiger partial charge in [-0.15, -0.1) is 0 Å². The van der Waals surface area contributed by atoms with E-state index in [0.29, 0.717) is 0 Å². The number of nitrogens with zero attached hydrogens (tertiary/aromatic N) is 1. The van der Waals surface area contributed by atoms with Gasteiger partial charge in [-0.1, -0.05) is 0 Å². The third-order valence-electron chi connectivity index (χ3n) is 2.78. The number of ether oxygens (including phenoxy) is 1. The smallest absolute Gasteiger partial charge is 0.354 e. The van der Waals surface area contributed by atoms with Crippen LogP contribution in [0.25, 0.3) is 0 Å². The van der Waals surface area contributed by atoms with Gasteiger partial charge in [-0.05, 0) is 19.9 Å². The van der Waals surface area contributed by atoms with E-state index in [1.165, 1.54) is 23.9 Å². The lowest BCUT2D eigenvalue weighted by atomic mass is 10.3. The lowest BCUT2D eigenvalue weighted by molar-refractivity contribution is -0.121. The quantitative estimate of drug-likeness (QED) is 0.684. The van der Waals surface area contributed by atoms with E-state index in [0.717, 1.165) is 0 Å². The zero-order chi connectivity index (χ0) is 16.9. The van der Waals surface area contributed by atoms with E-state index in [2.05, 4.69) is 14.8 Å². The van der Waals surface area contributed by atoms with Gasteiger partial charge in [0.25, 0.3) is 0 Å². The molecule has 1 heterocycles. The van der Waals surface area contributed by atoms with E-state index in [-0.39, 0.29) is 35.5 Å². The highest BCUT2D eigenvalue weighted by Crippen LogP contribution is 2.14. The molecule has 0 saturated carbocycles. The van der Waals surface area contributed by atoms with Gasteiger partial charge in [-0.2, -0.15) is 0 Å². The number of hydrogen-bond donors (Lipinski definition) is 2. The minimum Gasteiger partial charge on any atom is -0.464 e. The molecule has 0 radical (unpaired) electrons. The first-order valence-electron chi connectivity index (χ1n) is 6.71. The van der Waals surface area contributed by atoms with E-state index >= 15 is 0 Å².